The van der Waals surface area contributed by atoms with E-state index in [9.17, 15) is 4.79 Å². The molecule has 0 aliphatic heterocycles. The Balaban J connectivity index is 3.38. The number of thiol groups is 1. The first-order valence-corrected chi connectivity index (χ1v) is 4.48. The third-order valence-electron chi connectivity index (χ3n) is 1.19. The van der Waals surface area contributed by atoms with Crippen LogP contribution in [0.4, 0.5) is 0 Å². The molecule has 0 aromatic heterocycles. The molecule has 1 N–H and O–H groups in total. The van der Waals surface area contributed by atoms with Crippen LogP contribution in [0.3, 0.4) is 0 Å². The molecule has 0 spiro atoms. The summed E-state index contributed by atoms with van der Waals surface area (Å²) in [5.41, 5.74) is 0. The second-order valence-electron chi connectivity index (χ2n) is 3.25. The Kier molecular flexibility index (Phi) is 5.38. The van der Waals surface area contributed by atoms with Crippen LogP contribution >= 0.6 is 12.6 Å². The van der Waals surface area contributed by atoms with Gasteiger partial charge in [-0.1, -0.05) is 20.8 Å². The summed E-state index contributed by atoms with van der Waals surface area (Å²) >= 11 is 4.12. The van der Waals surface area contributed by atoms with Gasteiger partial charge in [0, 0.05) is 18.2 Å². The highest BCUT2D eigenvalue weighted by Gasteiger charge is 2.04. The van der Waals surface area contributed by atoms with Crippen molar-refractivity contribution in [3.8, 4) is 0 Å². The average molecular weight is 175 g/mol. The summed E-state index contributed by atoms with van der Waals surface area (Å²) in [4.78, 5) is 11.0. The molecular formula is C8H17NOS. The first-order valence-electron chi connectivity index (χ1n) is 3.97. The highest BCUT2D eigenvalue weighted by atomic mass is 32.1. The minimum Gasteiger partial charge on any atom is -0.356 e. The zero-order valence-electron chi connectivity index (χ0n) is 7.42. The Hall–Kier alpha value is -0.180. The van der Waals surface area contributed by atoms with E-state index in [1.165, 1.54) is 0 Å². The smallest absolute Gasteiger partial charge is 0.221 e. The molecule has 0 aliphatic carbocycles. The fraction of sp³-hybridized carbons (Fsp3) is 0.875. The Morgan fingerprint density at radius 2 is 2.00 bits per heavy atom. The number of hydrogen-bond donors (Lipinski definition) is 2. The highest BCUT2D eigenvalue weighted by Crippen LogP contribution is 1.98. The van der Waals surface area contributed by atoms with Crippen LogP contribution in [0, 0.1) is 5.92 Å². The van der Waals surface area contributed by atoms with E-state index in [1.807, 2.05) is 6.92 Å². The molecule has 0 heterocycles. The van der Waals surface area contributed by atoms with Crippen molar-refractivity contribution in [2.75, 3.05) is 6.54 Å². The SMILES string of the molecule is CC(C)CNC(=O)CC(C)S. The first kappa shape index (κ1) is 10.8. The van der Waals surface area contributed by atoms with Crippen LogP contribution in [0.1, 0.15) is 27.2 Å². The largest absolute Gasteiger partial charge is 0.356 e. The number of amides is 1. The zero-order valence-corrected chi connectivity index (χ0v) is 8.32. The number of carbonyl (C=O) groups excluding carboxylic acids is 1. The van der Waals surface area contributed by atoms with Gasteiger partial charge in [-0.2, -0.15) is 12.6 Å². The van der Waals surface area contributed by atoms with Crippen molar-refractivity contribution in [1.29, 1.82) is 0 Å². The van der Waals surface area contributed by atoms with E-state index < -0.39 is 0 Å². The minimum absolute atomic E-state index is 0.0983. The summed E-state index contributed by atoms with van der Waals surface area (Å²) in [6.07, 6.45) is 0.510. The third-order valence-corrected chi connectivity index (χ3v) is 1.37. The van der Waals surface area contributed by atoms with Gasteiger partial charge >= 0.3 is 0 Å². The normalized spacial score (nSPS) is 13.2. The Labute approximate surface area is 74.2 Å². The van der Waals surface area contributed by atoms with E-state index in [0.29, 0.717) is 12.3 Å². The van der Waals surface area contributed by atoms with Crippen molar-refractivity contribution >= 4 is 18.5 Å². The van der Waals surface area contributed by atoms with Crippen LogP contribution in [-0.4, -0.2) is 17.7 Å². The fourth-order valence-corrected chi connectivity index (χ4v) is 0.824. The lowest BCUT2D eigenvalue weighted by atomic mass is 10.2. The van der Waals surface area contributed by atoms with Gasteiger partial charge in [0.05, 0.1) is 0 Å². The lowest BCUT2D eigenvalue weighted by Crippen LogP contribution is -2.28. The molecule has 11 heavy (non-hydrogen) atoms. The Morgan fingerprint density at radius 3 is 2.36 bits per heavy atom. The van der Waals surface area contributed by atoms with E-state index in [2.05, 4.69) is 31.8 Å². The lowest BCUT2D eigenvalue weighted by Gasteiger charge is -2.08. The topological polar surface area (TPSA) is 29.1 Å². The molecule has 0 rings (SSSR count). The number of nitrogens with one attached hydrogen (secondary N) is 1. The minimum atomic E-state index is 0.0983. The van der Waals surface area contributed by atoms with Gasteiger partial charge in [0.15, 0.2) is 0 Å². The average Bonchev–Trinajstić information content (AvgIpc) is 1.82. The van der Waals surface area contributed by atoms with Gasteiger partial charge in [0.1, 0.15) is 0 Å². The van der Waals surface area contributed by atoms with Gasteiger partial charge in [0.25, 0.3) is 0 Å². The Morgan fingerprint density at radius 1 is 1.45 bits per heavy atom. The summed E-state index contributed by atoms with van der Waals surface area (Å²) in [5.74, 6) is 0.621. The molecule has 0 radical (unpaired) electrons. The second kappa shape index (κ2) is 5.47. The first-order chi connectivity index (χ1) is 5.02. The van der Waals surface area contributed by atoms with E-state index in [0.717, 1.165) is 6.54 Å². The van der Waals surface area contributed by atoms with Crippen LogP contribution in [0.15, 0.2) is 0 Å². The Bertz CT molecular complexity index is 123. The molecule has 2 nitrogen and oxygen atoms in total. The molecule has 0 aromatic rings. The number of carbonyl (C=O) groups is 1. The van der Waals surface area contributed by atoms with Gasteiger partial charge in [0.2, 0.25) is 5.91 Å². The van der Waals surface area contributed by atoms with E-state index in [1.54, 1.807) is 0 Å². The summed E-state index contributed by atoms with van der Waals surface area (Å²) in [7, 11) is 0. The van der Waals surface area contributed by atoms with Crippen LogP contribution in [0.25, 0.3) is 0 Å². The van der Waals surface area contributed by atoms with E-state index in [4.69, 9.17) is 0 Å². The number of hydrogen-bond acceptors (Lipinski definition) is 2. The molecule has 0 fully saturated rings. The maximum Gasteiger partial charge on any atom is 0.221 e. The summed E-state index contributed by atoms with van der Waals surface area (Å²) < 4.78 is 0. The highest BCUT2D eigenvalue weighted by molar-refractivity contribution is 7.80. The molecular weight excluding hydrogens is 158 g/mol. The van der Waals surface area contributed by atoms with Crippen molar-refractivity contribution in [1.82, 2.24) is 5.32 Å². The van der Waals surface area contributed by atoms with Gasteiger partial charge in [-0.15, -0.1) is 0 Å². The lowest BCUT2D eigenvalue weighted by molar-refractivity contribution is -0.121. The fourth-order valence-electron chi connectivity index (χ4n) is 0.658. The maximum atomic E-state index is 11.0. The van der Waals surface area contributed by atoms with Crippen molar-refractivity contribution in [2.24, 2.45) is 5.92 Å². The predicted octanol–water partition coefficient (Wildman–Crippen LogP) is 1.47. The molecule has 66 valence electrons. The monoisotopic (exact) mass is 175 g/mol. The molecule has 1 atom stereocenters. The van der Waals surface area contributed by atoms with Crippen LogP contribution in [-0.2, 0) is 4.79 Å². The van der Waals surface area contributed by atoms with Gasteiger partial charge in [-0.3, -0.25) is 4.79 Å². The molecule has 0 aliphatic rings. The maximum absolute atomic E-state index is 11.0. The predicted molar refractivity (Wildman–Crippen MR) is 50.9 cm³/mol. The second-order valence-corrected chi connectivity index (χ2v) is 4.13. The van der Waals surface area contributed by atoms with Crippen LogP contribution < -0.4 is 5.32 Å². The summed E-state index contributed by atoms with van der Waals surface area (Å²) in [6, 6.07) is 0. The van der Waals surface area contributed by atoms with Crippen LogP contribution in [0.2, 0.25) is 0 Å². The summed E-state index contributed by atoms with van der Waals surface area (Å²) in [5, 5.41) is 2.98. The van der Waals surface area contributed by atoms with Crippen LogP contribution in [0.5, 0.6) is 0 Å². The van der Waals surface area contributed by atoms with Crippen molar-refractivity contribution in [2.45, 2.75) is 32.4 Å². The van der Waals surface area contributed by atoms with Gasteiger partial charge in [-0.25, -0.2) is 0 Å². The quantitative estimate of drug-likeness (QED) is 0.622. The molecule has 0 saturated carbocycles. The van der Waals surface area contributed by atoms with Crippen molar-refractivity contribution < 1.29 is 4.79 Å². The van der Waals surface area contributed by atoms with Crippen molar-refractivity contribution in [3.05, 3.63) is 0 Å². The van der Waals surface area contributed by atoms with Gasteiger partial charge < -0.3 is 5.32 Å². The molecule has 3 heteroatoms. The van der Waals surface area contributed by atoms with Gasteiger partial charge in [-0.05, 0) is 5.92 Å². The number of rotatable bonds is 4. The molecule has 1 unspecified atom stereocenters. The van der Waals surface area contributed by atoms with Crippen molar-refractivity contribution in [3.63, 3.8) is 0 Å². The summed E-state index contributed by atoms with van der Waals surface area (Å²) in [6.45, 7) is 6.83. The van der Waals surface area contributed by atoms with E-state index in [-0.39, 0.29) is 11.2 Å². The standard InChI is InChI=1S/C8H17NOS/c1-6(2)5-9-8(10)4-7(3)11/h6-7,11H,4-5H2,1-3H3,(H,9,10). The molecule has 0 saturated heterocycles. The zero-order chi connectivity index (χ0) is 8.85. The van der Waals surface area contributed by atoms with E-state index >= 15 is 0 Å². The molecule has 0 bridgehead atoms. The molecule has 1 amide bonds. The molecule has 0 aromatic carbocycles. The third kappa shape index (κ3) is 7.72.